The van der Waals surface area contributed by atoms with E-state index in [1.54, 1.807) is 50.3 Å². The van der Waals surface area contributed by atoms with Gasteiger partial charge < -0.3 is 16.0 Å². The third kappa shape index (κ3) is 5.23. The third-order valence-corrected chi connectivity index (χ3v) is 4.63. The number of anilines is 1. The van der Waals surface area contributed by atoms with Gasteiger partial charge in [0.15, 0.2) is 0 Å². The van der Waals surface area contributed by atoms with Crippen molar-refractivity contribution in [3.05, 3.63) is 30.1 Å². The summed E-state index contributed by atoms with van der Waals surface area (Å²) in [5.41, 5.74) is 7.60. The standard InChI is InChI=1S/C20H26F2N6O/c1-19(2,23)9-16(29)27-14-8-20(21,22)12-28(11-14)15-5-4-13(10-24-3)17-18(15)26-7-6-25-17/h4-7,10,14H,8-9,11-12,23H2,1-3H3,(H,27,29). The summed E-state index contributed by atoms with van der Waals surface area (Å²) in [6.07, 6.45) is 4.40. The summed E-state index contributed by atoms with van der Waals surface area (Å²) in [7, 11) is 1.65. The number of piperidine rings is 1. The van der Waals surface area contributed by atoms with E-state index in [9.17, 15) is 13.6 Å². The van der Waals surface area contributed by atoms with E-state index in [1.807, 2.05) is 0 Å². The number of carbonyl (C=O) groups is 1. The van der Waals surface area contributed by atoms with Gasteiger partial charge in [-0.2, -0.15) is 0 Å². The molecule has 0 saturated carbocycles. The van der Waals surface area contributed by atoms with Crippen molar-refractivity contribution in [2.45, 2.75) is 44.2 Å². The number of aliphatic imine (C=N–C) groups is 1. The van der Waals surface area contributed by atoms with Gasteiger partial charge in [0.05, 0.1) is 23.8 Å². The van der Waals surface area contributed by atoms with Crippen LogP contribution in [-0.4, -0.2) is 59.7 Å². The van der Waals surface area contributed by atoms with Crippen molar-refractivity contribution >= 4 is 28.8 Å². The van der Waals surface area contributed by atoms with Crippen LogP contribution in [0.3, 0.4) is 0 Å². The Morgan fingerprint density at radius 1 is 1.38 bits per heavy atom. The van der Waals surface area contributed by atoms with Gasteiger partial charge >= 0.3 is 0 Å². The average molecular weight is 404 g/mol. The molecule has 1 fully saturated rings. The normalized spacial score (nSPS) is 19.7. The van der Waals surface area contributed by atoms with E-state index >= 15 is 0 Å². The summed E-state index contributed by atoms with van der Waals surface area (Å²) in [6, 6.07) is 2.84. The Morgan fingerprint density at radius 3 is 2.72 bits per heavy atom. The number of hydrogen-bond acceptors (Lipinski definition) is 6. The minimum atomic E-state index is -2.95. The fourth-order valence-electron chi connectivity index (χ4n) is 3.63. The summed E-state index contributed by atoms with van der Waals surface area (Å²) < 4.78 is 29.0. The van der Waals surface area contributed by atoms with Gasteiger partial charge in [0.1, 0.15) is 5.52 Å². The topological polar surface area (TPSA) is 96.5 Å². The number of aromatic nitrogens is 2. The van der Waals surface area contributed by atoms with Crippen LogP contribution >= 0.6 is 0 Å². The van der Waals surface area contributed by atoms with Crippen LogP contribution in [0.4, 0.5) is 14.5 Å². The van der Waals surface area contributed by atoms with Crippen LogP contribution in [0.2, 0.25) is 0 Å². The van der Waals surface area contributed by atoms with Crippen molar-refractivity contribution in [3.8, 4) is 0 Å². The summed E-state index contributed by atoms with van der Waals surface area (Å²) >= 11 is 0. The number of fused-ring (bicyclic) bond motifs is 1. The maximum absolute atomic E-state index is 14.5. The van der Waals surface area contributed by atoms with Crippen LogP contribution in [-0.2, 0) is 4.79 Å². The van der Waals surface area contributed by atoms with E-state index < -0.39 is 30.5 Å². The number of benzene rings is 1. The lowest BCUT2D eigenvalue weighted by Gasteiger charge is -2.39. The molecule has 3 rings (SSSR count). The zero-order valence-corrected chi connectivity index (χ0v) is 16.8. The first kappa shape index (κ1) is 21.0. The van der Waals surface area contributed by atoms with E-state index in [0.717, 1.165) is 5.56 Å². The largest absolute Gasteiger partial charge is 0.362 e. The molecule has 3 N–H and O–H groups in total. The van der Waals surface area contributed by atoms with Crippen LogP contribution in [0, 0.1) is 0 Å². The Bertz CT molecular complexity index is 925. The number of nitrogens with zero attached hydrogens (tertiary/aromatic N) is 4. The highest BCUT2D eigenvalue weighted by Crippen LogP contribution is 2.33. The number of amides is 1. The molecule has 0 radical (unpaired) electrons. The maximum Gasteiger partial charge on any atom is 0.267 e. The fourth-order valence-corrected chi connectivity index (χ4v) is 3.63. The van der Waals surface area contributed by atoms with Crippen molar-refractivity contribution in [1.29, 1.82) is 0 Å². The molecule has 1 aromatic carbocycles. The van der Waals surface area contributed by atoms with Crippen LogP contribution < -0.4 is 16.0 Å². The van der Waals surface area contributed by atoms with E-state index in [2.05, 4.69) is 20.3 Å². The fraction of sp³-hybridized carbons (Fsp3) is 0.500. The van der Waals surface area contributed by atoms with Gasteiger partial charge in [-0.25, -0.2) is 8.78 Å². The molecule has 0 bridgehead atoms. The summed E-state index contributed by atoms with van der Waals surface area (Å²) in [5.74, 6) is -3.29. The molecule has 2 heterocycles. The van der Waals surface area contributed by atoms with E-state index in [1.165, 1.54) is 6.20 Å². The summed E-state index contributed by atoms with van der Waals surface area (Å²) in [5, 5.41) is 2.71. The predicted octanol–water partition coefficient (Wildman–Crippen LogP) is 2.14. The molecule has 29 heavy (non-hydrogen) atoms. The molecule has 156 valence electrons. The zero-order valence-electron chi connectivity index (χ0n) is 16.8. The number of halogens is 2. The summed E-state index contributed by atoms with van der Waals surface area (Å²) in [4.78, 5) is 26.5. The molecule has 9 heteroatoms. The highest BCUT2D eigenvalue weighted by molar-refractivity contribution is 6.01. The van der Waals surface area contributed by atoms with Crippen molar-refractivity contribution in [2.24, 2.45) is 10.7 Å². The van der Waals surface area contributed by atoms with Crippen LogP contribution in [0.15, 0.2) is 29.5 Å². The van der Waals surface area contributed by atoms with E-state index in [-0.39, 0.29) is 18.9 Å². The molecule has 1 aliphatic heterocycles. The Hall–Kier alpha value is -2.68. The van der Waals surface area contributed by atoms with Crippen molar-refractivity contribution in [3.63, 3.8) is 0 Å². The number of rotatable bonds is 5. The Morgan fingerprint density at radius 2 is 2.07 bits per heavy atom. The van der Waals surface area contributed by atoms with Gasteiger partial charge in [-0.1, -0.05) is 0 Å². The molecule has 0 spiro atoms. The molecule has 1 unspecified atom stereocenters. The molecular formula is C20H26F2N6O. The molecule has 1 aliphatic rings. The molecule has 1 aromatic heterocycles. The second-order valence-corrected chi connectivity index (χ2v) is 8.19. The predicted molar refractivity (Wildman–Crippen MR) is 110 cm³/mol. The first-order chi connectivity index (χ1) is 13.6. The SMILES string of the molecule is CN=Cc1ccc(N2CC(NC(=O)CC(C)(C)N)CC(F)(F)C2)c2nccnc12. The zero-order chi connectivity index (χ0) is 21.2. The number of nitrogens with two attached hydrogens (primary N) is 1. The lowest BCUT2D eigenvalue weighted by Crippen LogP contribution is -2.56. The van der Waals surface area contributed by atoms with Crippen molar-refractivity contribution in [1.82, 2.24) is 15.3 Å². The Kier molecular flexibility index (Phi) is 5.79. The van der Waals surface area contributed by atoms with Crippen LogP contribution in [0.1, 0.15) is 32.3 Å². The van der Waals surface area contributed by atoms with Gasteiger partial charge in [-0.05, 0) is 26.0 Å². The van der Waals surface area contributed by atoms with Gasteiger partial charge in [-0.3, -0.25) is 19.8 Å². The molecule has 2 aromatic rings. The second kappa shape index (κ2) is 7.98. The first-order valence-electron chi connectivity index (χ1n) is 9.45. The smallest absolute Gasteiger partial charge is 0.267 e. The molecule has 1 saturated heterocycles. The highest BCUT2D eigenvalue weighted by Gasteiger charge is 2.41. The number of nitrogens with one attached hydrogen (secondary N) is 1. The van der Waals surface area contributed by atoms with E-state index in [4.69, 9.17) is 5.73 Å². The first-order valence-corrected chi connectivity index (χ1v) is 9.45. The van der Waals surface area contributed by atoms with Crippen molar-refractivity contribution in [2.75, 3.05) is 25.0 Å². The number of hydrogen-bond donors (Lipinski definition) is 2. The third-order valence-electron chi connectivity index (χ3n) is 4.63. The van der Waals surface area contributed by atoms with Gasteiger partial charge in [-0.15, -0.1) is 0 Å². The lowest BCUT2D eigenvalue weighted by molar-refractivity contribution is -0.123. The molecule has 1 amide bonds. The van der Waals surface area contributed by atoms with Crippen LogP contribution in [0.25, 0.3) is 11.0 Å². The van der Waals surface area contributed by atoms with Crippen LogP contribution in [0.5, 0.6) is 0 Å². The van der Waals surface area contributed by atoms with Gasteiger partial charge in [0, 0.05) is 56.1 Å². The Labute approximate surface area is 168 Å². The highest BCUT2D eigenvalue weighted by atomic mass is 19.3. The van der Waals surface area contributed by atoms with Gasteiger partial charge in [0.2, 0.25) is 5.91 Å². The minimum Gasteiger partial charge on any atom is -0.362 e. The quantitative estimate of drug-likeness (QED) is 0.745. The maximum atomic E-state index is 14.5. The summed E-state index contributed by atoms with van der Waals surface area (Å²) in [6.45, 7) is 3.24. The van der Waals surface area contributed by atoms with Gasteiger partial charge in [0.25, 0.3) is 5.92 Å². The molecule has 0 aliphatic carbocycles. The lowest BCUT2D eigenvalue weighted by atomic mass is 9.98. The molecule has 1 atom stereocenters. The number of alkyl halides is 2. The minimum absolute atomic E-state index is 0.0640. The monoisotopic (exact) mass is 404 g/mol. The molecular weight excluding hydrogens is 378 g/mol. The number of carbonyl (C=O) groups excluding carboxylic acids is 1. The average Bonchev–Trinajstić information content (AvgIpc) is 2.59. The second-order valence-electron chi connectivity index (χ2n) is 8.19. The van der Waals surface area contributed by atoms with E-state index in [0.29, 0.717) is 16.7 Å². The molecule has 7 nitrogen and oxygen atoms in total. The van der Waals surface area contributed by atoms with Crippen molar-refractivity contribution < 1.29 is 13.6 Å². The Balaban J connectivity index is 1.90.